The number of ether oxygens (including phenoxy) is 2. The second-order valence-corrected chi connectivity index (χ2v) is 7.17. The fraction of sp³-hybridized carbons (Fsp3) is 0.348. The maximum Gasteiger partial charge on any atom is 0.328 e. The van der Waals surface area contributed by atoms with Crippen LogP contribution in [0, 0.1) is 5.92 Å². The second kappa shape index (κ2) is 11.0. The van der Waals surface area contributed by atoms with Crippen LogP contribution in [0.5, 0.6) is 0 Å². The van der Waals surface area contributed by atoms with Gasteiger partial charge in [-0.3, -0.25) is 9.59 Å². The first-order valence-corrected chi connectivity index (χ1v) is 9.56. The molecule has 0 saturated carbocycles. The van der Waals surface area contributed by atoms with Gasteiger partial charge in [-0.05, 0) is 29.0 Å². The van der Waals surface area contributed by atoms with Gasteiger partial charge in [0, 0.05) is 0 Å². The number of methoxy groups -OCH3 is 1. The maximum absolute atomic E-state index is 12.0. The molecule has 0 heterocycles. The fourth-order valence-electron chi connectivity index (χ4n) is 2.87. The predicted octanol–water partition coefficient (Wildman–Crippen LogP) is 3.14. The van der Waals surface area contributed by atoms with Gasteiger partial charge in [-0.1, -0.05) is 68.4 Å². The average Bonchev–Trinajstić information content (AvgIpc) is 2.72. The van der Waals surface area contributed by atoms with E-state index in [1.165, 1.54) is 7.11 Å². The minimum atomic E-state index is -0.753. The molecular weight excluding hydrogens is 370 g/mol. The van der Waals surface area contributed by atoms with E-state index in [0.717, 1.165) is 16.7 Å². The lowest BCUT2D eigenvalue weighted by Crippen LogP contribution is -2.44. The van der Waals surface area contributed by atoms with E-state index in [-0.39, 0.29) is 12.3 Å². The van der Waals surface area contributed by atoms with Gasteiger partial charge in [0.05, 0.1) is 13.5 Å². The first-order chi connectivity index (χ1) is 13.9. The van der Waals surface area contributed by atoms with Crippen molar-refractivity contribution in [3.8, 4) is 11.1 Å². The van der Waals surface area contributed by atoms with Gasteiger partial charge in [0.25, 0.3) is 5.91 Å². The summed E-state index contributed by atoms with van der Waals surface area (Å²) in [7, 11) is 1.27. The topological polar surface area (TPSA) is 81.7 Å². The average molecular weight is 397 g/mol. The highest BCUT2D eigenvalue weighted by Gasteiger charge is 2.23. The molecule has 1 N–H and O–H groups in total. The summed E-state index contributed by atoms with van der Waals surface area (Å²) in [5, 5.41) is 2.55. The molecule has 0 spiro atoms. The number of benzene rings is 2. The van der Waals surface area contributed by atoms with Crippen molar-refractivity contribution in [2.45, 2.75) is 32.7 Å². The molecule has 0 aliphatic carbocycles. The number of nitrogens with one attached hydrogen (secondary N) is 1. The van der Waals surface area contributed by atoms with Gasteiger partial charge < -0.3 is 14.8 Å². The van der Waals surface area contributed by atoms with Gasteiger partial charge in [-0.15, -0.1) is 0 Å². The molecule has 1 amide bonds. The van der Waals surface area contributed by atoms with Crippen LogP contribution in [0.1, 0.15) is 25.8 Å². The minimum Gasteiger partial charge on any atom is -0.467 e. The molecule has 1 unspecified atom stereocenters. The molecule has 2 rings (SSSR count). The standard InChI is InChI=1S/C23H27NO5/c1-16(2)13-20(23(27)28-3)24-21(25)15-29-22(26)14-17-9-11-19(12-10-17)18-7-5-4-6-8-18/h4-12,16,20H,13-15H2,1-3H3,(H,24,25). The van der Waals surface area contributed by atoms with Gasteiger partial charge in [0.15, 0.2) is 6.61 Å². The van der Waals surface area contributed by atoms with Gasteiger partial charge in [0.1, 0.15) is 6.04 Å². The summed E-state index contributed by atoms with van der Waals surface area (Å²) in [5.41, 5.74) is 2.95. The lowest BCUT2D eigenvalue weighted by molar-refractivity contribution is -0.150. The molecule has 0 bridgehead atoms. The van der Waals surface area contributed by atoms with E-state index >= 15 is 0 Å². The van der Waals surface area contributed by atoms with E-state index in [2.05, 4.69) is 5.32 Å². The number of amides is 1. The third-order valence-corrected chi connectivity index (χ3v) is 4.30. The summed E-state index contributed by atoms with van der Waals surface area (Å²) < 4.78 is 9.74. The van der Waals surface area contributed by atoms with Crippen LogP contribution in [-0.2, 0) is 30.3 Å². The van der Waals surface area contributed by atoms with Crippen LogP contribution in [-0.4, -0.2) is 37.6 Å². The van der Waals surface area contributed by atoms with Crippen molar-refractivity contribution in [3.63, 3.8) is 0 Å². The molecule has 0 aromatic heterocycles. The predicted molar refractivity (Wildman–Crippen MR) is 110 cm³/mol. The Morgan fingerprint density at radius 1 is 0.931 bits per heavy atom. The zero-order valence-electron chi connectivity index (χ0n) is 17.0. The van der Waals surface area contributed by atoms with Crippen LogP contribution in [0.2, 0.25) is 0 Å². The Labute approximate surface area is 171 Å². The third-order valence-electron chi connectivity index (χ3n) is 4.30. The Bertz CT molecular complexity index is 815. The number of carbonyl (C=O) groups is 3. The Morgan fingerprint density at radius 2 is 1.55 bits per heavy atom. The van der Waals surface area contributed by atoms with E-state index < -0.39 is 30.5 Å². The molecule has 6 nitrogen and oxygen atoms in total. The number of carbonyl (C=O) groups excluding carboxylic acids is 3. The number of rotatable bonds is 9. The Kier molecular flexibility index (Phi) is 8.40. The van der Waals surface area contributed by atoms with Crippen molar-refractivity contribution in [2.24, 2.45) is 5.92 Å². The zero-order valence-corrected chi connectivity index (χ0v) is 17.0. The van der Waals surface area contributed by atoms with E-state index in [9.17, 15) is 14.4 Å². The van der Waals surface area contributed by atoms with Gasteiger partial charge in [-0.25, -0.2) is 4.79 Å². The number of hydrogen-bond donors (Lipinski definition) is 1. The zero-order chi connectivity index (χ0) is 21.2. The fourth-order valence-corrected chi connectivity index (χ4v) is 2.87. The Hall–Kier alpha value is -3.15. The summed E-state index contributed by atoms with van der Waals surface area (Å²) in [6.45, 7) is 3.43. The van der Waals surface area contributed by atoms with Crippen molar-refractivity contribution in [2.75, 3.05) is 13.7 Å². The lowest BCUT2D eigenvalue weighted by Gasteiger charge is -2.18. The first kappa shape index (κ1) is 22.1. The van der Waals surface area contributed by atoms with E-state index in [4.69, 9.17) is 9.47 Å². The monoisotopic (exact) mass is 397 g/mol. The molecule has 0 saturated heterocycles. The molecule has 2 aromatic rings. The molecule has 0 aliphatic rings. The largest absolute Gasteiger partial charge is 0.467 e. The van der Waals surface area contributed by atoms with Crippen LogP contribution in [0.4, 0.5) is 0 Å². The number of hydrogen-bond acceptors (Lipinski definition) is 5. The highest BCUT2D eigenvalue weighted by Crippen LogP contribution is 2.19. The van der Waals surface area contributed by atoms with Crippen molar-refractivity contribution in [1.29, 1.82) is 0 Å². The lowest BCUT2D eigenvalue weighted by atomic mass is 10.0. The van der Waals surface area contributed by atoms with Gasteiger partial charge >= 0.3 is 11.9 Å². The highest BCUT2D eigenvalue weighted by molar-refractivity contribution is 5.86. The van der Waals surface area contributed by atoms with Crippen LogP contribution in [0.25, 0.3) is 11.1 Å². The molecule has 0 aliphatic heterocycles. The van der Waals surface area contributed by atoms with E-state index in [1.54, 1.807) is 0 Å². The molecule has 6 heteroatoms. The van der Waals surface area contributed by atoms with E-state index in [1.807, 2.05) is 68.4 Å². The molecule has 1 atom stereocenters. The molecule has 0 radical (unpaired) electrons. The smallest absolute Gasteiger partial charge is 0.328 e. The van der Waals surface area contributed by atoms with E-state index in [0.29, 0.717) is 6.42 Å². The van der Waals surface area contributed by atoms with Crippen molar-refractivity contribution in [1.82, 2.24) is 5.32 Å². The SMILES string of the molecule is COC(=O)C(CC(C)C)NC(=O)COC(=O)Cc1ccc(-c2ccccc2)cc1. The Balaban J connectivity index is 1.83. The van der Waals surface area contributed by atoms with Crippen LogP contribution < -0.4 is 5.32 Å². The molecule has 154 valence electrons. The molecule has 0 fully saturated rings. The first-order valence-electron chi connectivity index (χ1n) is 9.56. The van der Waals surface area contributed by atoms with Crippen molar-refractivity contribution in [3.05, 3.63) is 60.2 Å². The molecule has 2 aromatic carbocycles. The van der Waals surface area contributed by atoms with Crippen molar-refractivity contribution >= 4 is 17.8 Å². The summed E-state index contributed by atoms with van der Waals surface area (Å²) in [4.78, 5) is 35.8. The second-order valence-electron chi connectivity index (χ2n) is 7.17. The maximum atomic E-state index is 12.0. The Morgan fingerprint density at radius 3 is 2.14 bits per heavy atom. The van der Waals surface area contributed by atoms with Crippen LogP contribution in [0.3, 0.4) is 0 Å². The third kappa shape index (κ3) is 7.41. The quantitative estimate of drug-likeness (QED) is 0.658. The van der Waals surface area contributed by atoms with Crippen LogP contribution in [0.15, 0.2) is 54.6 Å². The molecular formula is C23H27NO5. The summed E-state index contributed by atoms with van der Waals surface area (Å²) in [5.74, 6) is -1.36. The number of esters is 2. The summed E-state index contributed by atoms with van der Waals surface area (Å²) in [6, 6.07) is 16.8. The van der Waals surface area contributed by atoms with Crippen LogP contribution >= 0.6 is 0 Å². The molecule has 29 heavy (non-hydrogen) atoms. The normalized spacial score (nSPS) is 11.6. The highest BCUT2D eigenvalue weighted by atomic mass is 16.5. The van der Waals surface area contributed by atoms with Gasteiger partial charge in [-0.2, -0.15) is 0 Å². The van der Waals surface area contributed by atoms with Gasteiger partial charge in [0.2, 0.25) is 0 Å². The summed E-state index contributed by atoms with van der Waals surface area (Å²) in [6.07, 6.45) is 0.509. The summed E-state index contributed by atoms with van der Waals surface area (Å²) >= 11 is 0. The van der Waals surface area contributed by atoms with Crippen molar-refractivity contribution < 1.29 is 23.9 Å². The minimum absolute atomic E-state index is 0.0643.